The number of β-amino-alcohol motifs (C(OH)–C–C–N with tert-alkyl or cyclic N) is 1. The highest BCUT2D eigenvalue weighted by molar-refractivity contribution is 6.28. The van der Waals surface area contributed by atoms with Crippen LogP contribution in [0.5, 0.6) is 5.75 Å². The number of methoxy groups -OCH3 is 1. The molecule has 1 aromatic heterocycles. The van der Waals surface area contributed by atoms with Crippen LogP contribution in [-0.4, -0.2) is 48.4 Å². The van der Waals surface area contributed by atoms with Gasteiger partial charge in [0.1, 0.15) is 5.75 Å². The van der Waals surface area contributed by atoms with E-state index >= 15 is 0 Å². The Morgan fingerprint density at radius 1 is 1.38 bits per heavy atom. The van der Waals surface area contributed by atoms with Gasteiger partial charge in [-0.15, -0.1) is 0 Å². The molecule has 1 atom stereocenters. The van der Waals surface area contributed by atoms with Gasteiger partial charge in [0.05, 0.1) is 26.8 Å². The smallest absolute Gasteiger partial charge is 0.226 e. The number of anilines is 2. The van der Waals surface area contributed by atoms with Crippen LogP contribution in [0.1, 0.15) is 12.0 Å². The summed E-state index contributed by atoms with van der Waals surface area (Å²) < 4.78 is 5.18. The fourth-order valence-corrected chi connectivity index (χ4v) is 3.24. The number of nitrogens with two attached hydrogens (primary N) is 2. The summed E-state index contributed by atoms with van der Waals surface area (Å²) in [6, 6.07) is 7.68. The molecule has 0 bridgehead atoms. The summed E-state index contributed by atoms with van der Waals surface area (Å²) in [5.41, 5.74) is 1.82. The SMILES string of the molecule is C[NH2+]c1c(N(N)Cc2ccc(OC)cc2)nc(Cl)nc1N1CCC(O)C1. The van der Waals surface area contributed by atoms with Crippen molar-refractivity contribution in [3.05, 3.63) is 35.1 Å². The maximum Gasteiger partial charge on any atom is 0.226 e. The van der Waals surface area contributed by atoms with Crippen molar-refractivity contribution in [2.75, 3.05) is 37.2 Å². The normalized spacial score (nSPS) is 16.8. The molecule has 140 valence electrons. The number of rotatable bonds is 6. The Hall–Kier alpha value is -2.13. The van der Waals surface area contributed by atoms with Crippen LogP contribution in [-0.2, 0) is 6.54 Å². The lowest BCUT2D eigenvalue weighted by Gasteiger charge is -2.23. The minimum atomic E-state index is -0.356. The molecule has 0 spiro atoms. The van der Waals surface area contributed by atoms with E-state index in [2.05, 4.69) is 9.97 Å². The number of aliphatic hydroxyl groups excluding tert-OH is 1. The number of aromatic nitrogens is 2. The highest BCUT2D eigenvalue weighted by Gasteiger charge is 2.29. The first-order valence-corrected chi connectivity index (χ1v) is 8.84. The third kappa shape index (κ3) is 3.99. The lowest BCUT2D eigenvalue weighted by atomic mass is 10.2. The van der Waals surface area contributed by atoms with Gasteiger partial charge in [-0.3, -0.25) is 5.01 Å². The van der Waals surface area contributed by atoms with Gasteiger partial charge in [0, 0.05) is 13.1 Å². The Morgan fingerprint density at radius 3 is 2.69 bits per heavy atom. The molecule has 3 rings (SSSR count). The molecule has 2 aromatic rings. The predicted molar refractivity (Wildman–Crippen MR) is 101 cm³/mol. The quantitative estimate of drug-likeness (QED) is 0.379. The lowest BCUT2D eigenvalue weighted by molar-refractivity contribution is -0.538. The zero-order chi connectivity index (χ0) is 18.7. The van der Waals surface area contributed by atoms with E-state index in [9.17, 15) is 5.11 Å². The van der Waals surface area contributed by atoms with Crippen molar-refractivity contribution in [1.82, 2.24) is 9.97 Å². The summed E-state index contributed by atoms with van der Waals surface area (Å²) in [7, 11) is 3.54. The Labute approximate surface area is 157 Å². The van der Waals surface area contributed by atoms with Crippen molar-refractivity contribution in [3.8, 4) is 5.75 Å². The molecule has 9 heteroatoms. The number of hydrogen-bond acceptors (Lipinski definition) is 7. The van der Waals surface area contributed by atoms with E-state index in [0.717, 1.165) is 23.5 Å². The van der Waals surface area contributed by atoms with Crippen LogP contribution in [0.15, 0.2) is 24.3 Å². The van der Waals surface area contributed by atoms with Gasteiger partial charge in [-0.05, 0) is 35.7 Å². The first-order valence-electron chi connectivity index (χ1n) is 8.47. The zero-order valence-corrected chi connectivity index (χ0v) is 15.6. The average Bonchev–Trinajstić information content (AvgIpc) is 3.08. The third-order valence-electron chi connectivity index (χ3n) is 4.41. The van der Waals surface area contributed by atoms with Crippen LogP contribution in [0.4, 0.5) is 17.3 Å². The minimum absolute atomic E-state index is 0.132. The first-order chi connectivity index (χ1) is 12.5. The number of nitrogens with zero attached hydrogens (tertiary/aromatic N) is 4. The van der Waals surface area contributed by atoms with Crippen LogP contribution in [0, 0.1) is 0 Å². The number of quaternary nitrogens is 1. The molecule has 0 saturated carbocycles. The summed E-state index contributed by atoms with van der Waals surface area (Å²) in [6.07, 6.45) is 0.350. The molecule has 5 N–H and O–H groups in total. The fraction of sp³-hybridized carbons (Fsp3) is 0.412. The van der Waals surface area contributed by atoms with E-state index in [-0.39, 0.29) is 11.4 Å². The molecular formula is C17H24ClN6O2+. The number of halogens is 1. The van der Waals surface area contributed by atoms with Gasteiger partial charge in [-0.2, -0.15) is 9.97 Å². The standard InChI is InChI=1S/C17H23ClN6O2/c1-20-14-15(23-8-7-12(25)10-23)21-17(18)22-16(14)24(19)9-11-3-5-13(26-2)6-4-11/h3-6,12,20,25H,7-10,19H2,1-2H3/p+1. The number of hydrogen-bond donors (Lipinski definition) is 3. The Bertz CT molecular complexity index is 758. The molecule has 26 heavy (non-hydrogen) atoms. The molecule has 1 aliphatic rings. The molecule has 1 unspecified atom stereocenters. The number of aliphatic hydroxyl groups is 1. The maximum atomic E-state index is 9.84. The third-order valence-corrected chi connectivity index (χ3v) is 4.58. The topological polar surface area (TPSA) is 104 Å². The highest BCUT2D eigenvalue weighted by Crippen LogP contribution is 2.32. The number of ether oxygens (including phenoxy) is 1. The molecule has 0 radical (unpaired) electrons. The van der Waals surface area contributed by atoms with Gasteiger partial charge in [-0.1, -0.05) is 12.1 Å². The van der Waals surface area contributed by atoms with Gasteiger partial charge in [-0.25, -0.2) is 5.84 Å². The van der Waals surface area contributed by atoms with Gasteiger partial charge in [0.15, 0.2) is 5.82 Å². The van der Waals surface area contributed by atoms with Crippen LogP contribution >= 0.6 is 11.6 Å². The molecular weight excluding hydrogens is 356 g/mol. The van der Waals surface area contributed by atoms with Crippen LogP contribution in [0.25, 0.3) is 0 Å². The first kappa shape index (κ1) is 18.7. The van der Waals surface area contributed by atoms with Gasteiger partial charge < -0.3 is 20.1 Å². The molecule has 0 amide bonds. The highest BCUT2D eigenvalue weighted by atomic mass is 35.5. The van der Waals surface area contributed by atoms with Crippen molar-refractivity contribution in [3.63, 3.8) is 0 Å². The van der Waals surface area contributed by atoms with E-state index in [1.54, 1.807) is 12.1 Å². The van der Waals surface area contributed by atoms with Gasteiger partial charge in [0.25, 0.3) is 0 Å². The summed E-state index contributed by atoms with van der Waals surface area (Å²) in [6.45, 7) is 1.70. The monoisotopic (exact) mass is 379 g/mol. The zero-order valence-electron chi connectivity index (χ0n) is 14.9. The fourth-order valence-electron chi connectivity index (χ4n) is 3.08. The molecule has 1 fully saturated rings. The van der Waals surface area contributed by atoms with Crippen molar-refractivity contribution in [2.45, 2.75) is 19.1 Å². The Morgan fingerprint density at radius 2 is 2.12 bits per heavy atom. The second-order valence-corrected chi connectivity index (χ2v) is 6.54. The van der Waals surface area contributed by atoms with Crippen LogP contribution < -0.4 is 25.8 Å². The molecule has 0 aliphatic carbocycles. The van der Waals surface area contributed by atoms with Crippen molar-refractivity contribution in [1.29, 1.82) is 0 Å². The summed E-state index contributed by atoms with van der Waals surface area (Å²) >= 11 is 6.16. The largest absolute Gasteiger partial charge is 0.497 e. The summed E-state index contributed by atoms with van der Waals surface area (Å²) in [5.74, 6) is 8.35. The minimum Gasteiger partial charge on any atom is -0.497 e. The molecule has 1 saturated heterocycles. The van der Waals surface area contributed by atoms with Crippen LogP contribution in [0.2, 0.25) is 5.28 Å². The van der Waals surface area contributed by atoms with Crippen molar-refractivity contribution in [2.24, 2.45) is 5.84 Å². The second kappa shape index (κ2) is 8.05. The van der Waals surface area contributed by atoms with E-state index in [1.807, 2.05) is 41.5 Å². The van der Waals surface area contributed by atoms with Crippen LogP contribution in [0.3, 0.4) is 0 Å². The van der Waals surface area contributed by atoms with Crippen molar-refractivity contribution < 1.29 is 15.2 Å². The lowest BCUT2D eigenvalue weighted by Crippen LogP contribution is -2.73. The number of hydrazine groups is 1. The van der Waals surface area contributed by atoms with Gasteiger partial charge >= 0.3 is 0 Å². The van der Waals surface area contributed by atoms with Crippen molar-refractivity contribution >= 4 is 28.9 Å². The molecule has 1 aliphatic heterocycles. The second-order valence-electron chi connectivity index (χ2n) is 6.21. The van der Waals surface area contributed by atoms with Gasteiger partial charge in [0.2, 0.25) is 16.8 Å². The Kier molecular flexibility index (Phi) is 5.77. The van der Waals surface area contributed by atoms with E-state index in [0.29, 0.717) is 31.1 Å². The number of benzene rings is 1. The maximum absolute atomic E-state index is 9.84. The average molecular weight is 380 g/mol. The summed E-state index contributed by atoms with van der Waals surface area (Å²) in [4.78, 5) is 10.7. The van der Waals surface area contributed by atoms with E-state index in [4.69, 9.17) is 22.2 Å². The molecule has 8 nitrogen and oxygen atoms in total. The Balaban J connectivity index is 1.88. The molecule has 1 aromatic carbocycles. The van der Waals surface area contributed by atoms with E-state index in [1.165, 1.54) is 0 Å². The molecule has 2 heterocycles. The van der Waals surface area contributed by atoms with E-state index < -0.39 is 0 Å². The summed E-state index contributed by atoms with van der Waals surface area (Å²) in [5, 5.41) is 13.4. The predicted octanol–water partition coefficient (Wildman–Crippen LogP) is 0.415.